The van der Waals surface area contributed by atoms with Crippen LogP contribution in [0.3, 0.4) is 0 Å². The minimum atomic E-state index is -0.0231. The van der Waals surface area contributed by atoms with Crippen molar-refractivity contribution in [1.29, 1.82) is 0 Å². The molecule has 1 fully saturated rings. The lowest BCUT2D eigenvalue weighted by atomic mass is 9.86. The van der Waals surface area contributed by atoms with E-state index in [1.165, 1.54) is 0 Å². The molecule has 0 aliphatic heterocycles. The van der Waals surface area contributed by atoms with Crippen molar-refractivity contribution >= 4 is 5.91 Å². The predicted octanol–water partition coefficient (Wildman–Crippen LogP) is 2.11. The molecule has 2 rings (SSSR count). The van der Waals surface area contributed by atoms with E-state index in [0.29, 0.717) is 18.1 Å². The van der Waals surface area contributed by atoms with Crippen LogP contribution in [0.4, 0.5) is 0 Å². The van der Waals surface area contributed by atoms with Gasteiger partial charge in [-0.05, 0) is 43.2 Å². The second-order valence-corrected chi connectivity index (χ2v) is 5.46. The lowest BCUT2D eigenvalue weighted by Crippen LogP contribution is -2.38. The summed E-state index contributed by atoms with van der Waals surface area (Å²) in [7, 11) is 1.63. The molecular formula is C16H23NO3. The normalized spacial score (nSPS) is 22.5. The number of hydrogen-bond acceptors (Lipinski definition) is 3. The molecule has 4 nitrogen and oxygen atoms in total. The molecule has 1 amide bonds. The Bertz CT molecular complexity index is 439. The van der Waals surface area contributed by atoms with Crippen LogP contribution in [-0.4, -0.2) is 30.8 Å². The second-order valence-electron chi connectivity index (χ2n) is 5.46. The molecule has 1 aliphatic carbocycles. The number of aliphatic hydroxyl groups excluding tert-OH is 1. The first-order chi connectivity index (χ1) is 9.74. The Morgan fingerprint density at radius 1 is 1.30 bits per heavy atom. The van der Waals surface area contributed by atoms with Crippen LogP contribution in [0.2, 0.25) is 0 Å². The summed E-state index contributed by atoms with van der Waals surface area (Å²) in [5.41, 5.74) is 1.61. The summed E-state index contributed by atoms with van der Waals surface area (Å²) >= 11 is 0. The third-order valence-electron chi connectivity index (χ3n) is 4.00. The summed E-state index contributed by atoms with van der Waals surface area (Å²) in [5.74, 6) is 0.383. The van der Waals surface area contributed by atoms with E-state index < -0.39 is 0 Å². The summed E-state index contributed by atoms with van der Waals surface area (Å²) in [6.45, 7) is 0.707. The molecule has 0 heterocycles. The highest BCUT2D eigenvalue weighted by Crippen LogP contribution is 2.24. The number of nitrogens with one attached hydrogen (secondary N) is 1. The number of carbonyl (C=O) groups is 1. The summed E-state index contributed by atoms with van der Waals surface area (Å²) in [6.07, 6.45) is 3.87. The van der Waals surface area contributed by atoms with Crippen molar-refractivity contribution in [3.63, 3.8) is 0 Å². The zero-order valence-corrected chi connectivity index (χ0v) is 12.0. The van der Waals surface area contributed by atoms with Gasteiger partial charge in [-0.2, -0.15) is 0 Å². The van der Waals surface area contributed by atoms with E-state index in [4.69, 9.17) is 9.84 Å². The van der Waals surface area contributed by atoms with Gasteiger partial charge in [0.05, 0.1) is 6.61 Å². The maximum Gasteiger partial charge on any atom is 0.251 e. The molecule has 20 heavy (non-hydrogen) atoms. The third kappa shape index (κ3) is 3.81. The number of aliphatic hydroxyl groups is 1. The zero-order valence-electron chi connectivity index (χ0n) is 12.0. The Morgan fingerprint density at radius 2 is 2.00 bits per heavy atom. The minimum absolute atomic E-state index is 0.0231. The van der Waals surface area contributed by atoms with Gasteiger partial charge < -0.3 is 15.2 Å². The smallest absolute Gasteiger partial charge is 0.251 e. The second kappa shape index (κ2) is 7.41. The van der Waals surface area contributed by atoms with Gasteiger partial charge >= 0.3 is 0 Å². The standard InChI is InChI=1S/C16H23NO3/c1-20-11-13-4-2-3-5-15(13)16(19)17-14-8-6-12(10-18)7-9-14/h2-5,12,14,18H,6-11H2,1H3,(H,17,19). The summed E-state index contributed by atoms with van der Waals surface area (Å²) in [4.78, 5) is 12.3. The van der Waals surface area contributed by atoms with Crippen LogP contribution in [-0.2, 0) is 11.3 Å². The maximum absolute atomic E-state index is 12.3. The van der Waals surface area contributed by atoms with Gasteiger partial charge in [-0.1, -0.05) is 18.2 Å². The predicted molar refractivity (Wildman–Crippen MR) is 77.5 cm³/mol. The largest absolute Gasteiger partial charge is 0.396 e. The molecule has 1 saturated carbocycles. The molecule has 1 aromatic rings. The van der Waals surface area contributed by atoms with Crippen molar-refractivity contribution in [3.8, 4) is 0 Å². The fraction of sp³-hybridized carbons (Fsp3) is 0.562. The van der Waals surface area contributed by atoms with E-state index in [0.717, 1.165) is 31.2 Å². The van der Waals surface area contributed by atoms with E-state index in [1.54, 1.807) is 7.11 Å². The van der Waals surface area contributed by atoms with Crippen molar-refractivity contribution in [2.24, 2.45) is 5.92 Å². The molecule has 0 saturated heterocycles. The number of amides is 1. The zero-order chi connectivity index (χ0) is 14.4. The minimum Gasteiger partial charge on any atom is -0.396 e. The number of benzene rings is 1. The molecule has 2 N–H and O–H groups in total. The SMILES string of the molecule is COCc1ccccc1C(=O)NC1CCC(CO)CC1. The van der Waals surface area contributed by atoms with E-state index in [9.17, 15) is 4.79 Å². The molecule has 0 bridgehead atoms. The Hall–Kier alpha value is -1.39. The highest BCUT2D eigenvalue weighted by atomic mass is 16.5. The molecule has 110 valence electrons. The number of hydrogen-bond donors (Lipinski definition) is 2. The molecular weight excluding hydrogens is 254 g/mol. The molecule has 0 radical (unpaired) electrons. The van der Waals surface area contributed by atoms with Crippen molar-refractivity contribution in [2.75, 3.05) is 13.7 Å². The van der Waals surface area contributed by atoms with Crippen LogP contribution in [0.25, 0.3) is 0 Å². The molecule has 0 spiro atoms. The quantitative estimate of drug-likeness (QED) is 0.866. The molecule has 1 aliphatic rings. The Morgan fingerprint density at radius 3 is 2.65 bits per heavy atom. The van der Waals surface area contributed by atoms with Crippen molar-refractivity contribution < 1.29 is 14.6 Å². The van der Waals surface area contributed by atoms with E-state index >= 15 is 0 Å². The average Bonchev–Trinajstić information content (AvgIpc) is 2.49. The first-order valence-corrected chi connectivity index (χ1v) is 7.23. The molecule has 0 unspecified atom stereocenters. The summed E-state index contributed by atoms with van der Waals surface area (Å²) in [6, 6.07) is 7.76. The van der Waals surface area contributed by atoms with Gasteiger partial charge in [0.2, 0.25) is 0 Å². The molecule has 0 aromatic heterocycles. The molecule has 0 atom stereocenters. The first kappa shape index (κ1) is 15.0. The fourth-order valence-electron chi connectivity index (χ4n) is 2.78. The van der Waals surface area contributed by atoms with Gasteiger partial charge in [-0.15, -0.1) is 0 Å². The van der Waals surface area contributed by atoms with Gasteiger partial charge in [0.25, 0.3) is 5.91 Å². The monoisotopic (exact) mass is 277 g/mol. The van der Waals surface area contributed by atoms with Gasteiger partial charge in [0.1, 0.15) is 0 Å². The average molecular weight is 277 g/mol. The Balaban J connectivity index is 1.95. The lowest BCUT2D eigenvalue weighted by molar-refractivity contribution is 0.0909. The molecule has 4 heteroatoms. The third-order valence-corrected chi connectivity index (χ3v) is 4.00. The van der Waals surface area contributed by atoms with E-state index in [1.807, 2.05) is 24.3 Å². The first-order valence-electron chi connectivity index (χ1n) is 7.23. The van der Waals surface area contributed by atoms with E-state index in [2.05, 4.69) is 5.32 Å². The number of methoxy groups -OCH3 is 1. The highest BCUT2D eigenvalue weighted by Gasteiger charge is 2.22. The summed E-state index contributed by atoms with van der Waals surface area (Å²) in [5, 5.41) is 12.2. The Labute approximate surface area is 120 Å². The number of carbonyl (C=O) groups excluding carboxylic acids is 1. The van der Waals surface area contributed by atoms with Crippen LogP contribution in [0.15, 0.2) is 24.3 Å². The van der Waals surface area contributed by atoms with Crippen molar-refractivity contribution in [2.45, 2.75) is 38.3 Å². The maximum atomic E-state index is 12.3. The fourth-order valence-corrected chi connectivity index (χ4v) is 2.78. The topological polar surface area (TPSA) is 58.6 Å². The van der Waals surface area contributed by atoms with Gasteiger partial charge in [0.15, 0.2) is 0 Å². The van der Waals surface area contributed by atoms with Crippen LogP contribution in [0.5, 0.6) is 0 Å². The summed E-state index contributed by atoms with van der Waals surface area (Å²) < 4.78 is 5.13. The van der Waals surface area contributed by atoms with E-state index in [-0.39, 0.29) is 18.6 Å². The van der Waals surface area contributed by atoms with Gasteiger partial charge in [-0.25, -0.2) is 0 Å². The Kier molecular flexibility index (Phi) is 5.56. The van der Waals surface area contributed by atoms with Crippen molar-refractivity contribution in [3.05, 3.63) is 35.4 Å². The highest BCUT2D eigenvalue weighted by molar-refractivity contribution is 5.95. The van der Waals surface area contributed by atoms with Crippen LogP contribution in [0, 0.1) is 5.92 Å². The number of rotatable bonds is 5. The van der Waals surface area contributed by atoms with Crippen LogP contribution < -0.4 is 5.32 Å². The lowest BCUT2D eigenvalue weighted by Gasteiger charge is -2.28. The molecule has 1 aromatic carbocycles. The van der Waals surface area contributed by atoms with Gasteiger partial charge in [0, 0.05) is 25.3 Å². The van der Waals surface area contributed by atoms with Crippen LogP contribution in [0.1, 0.15) is 41.6 Å². The van der Waals surface area contributed by atoms with Crippen molar-refractivity contribution in [1.82, 2.24) is 5.32 Å². The van der Waals surface area contributed by atoms with Crippen LogP contribution >= 0.6 is 0 Å². The van der Waals surface area contributed by atoms with Gasteiger partial charge in [-0.3, -0.25) is 4.79 Å². The number of ether oxygens (including phenoxy) is 1.